The van der Waals surface area contributed by atoms with Gasteiger partial charge in [0.15, 0.2) is 6.17 Å². The number of nitrogens with zero attached hydrogens (tertiary/aromatic N) is 2. The monoisotopic (exact) mass is 485 g/mol. The van der Waals surface area contributed by atoms with Gasteiger partial charge in [-0.25, -0.2) is 4.79 Å². The second-order valence-electron chi connectivity index (χ2n) is 8.97. The van der Waals surface area contributed by atoms with Gasteiger partial charge in [0, 0.05) is 37.4 Å². The smallest absolute Gasteiger partial charge is 0.323 e. The molecule has 0 saturated carbocycles. The van der Waals surface area contributed by atoms with Crippen molar-refractivity contribution >= 4 is 23.5 Å². The van der Waals surface area contributed by atoms with E-state index >= 15 is 0 Å². The Morgan fingerprint density at radius 1 is 0.861 bits per heavy atom. The second kappa shape index (κ2) is 11.0. The fourth-order valence-corrected chi connectivity index (χ4v) is 4.26. The van der Waals surface area contributed by atoms with Gasteiger partial charge in [-0.15, -0.1) is 0 Å². The van der Waals surface area contributed by atoms with Crippen LogP contribution < -0.4 is 16.4 Å². The lowest BCUT2D eigenvalue weighted by atomic mass is 10.1. The first-order valence-corrected chi connectivity index (χ1v) is 11.9. The summed E-state index contributed by atoms with van der Waals surface area (Å²) in [6.45, 7) is 5.00. The van der Waals surface area contributed by atoms with Crippen molar-refractivity contribution in [3.63, 3.8) is 0 Å². The number of aryl methyl sites for hydroxylation is 2. The first kappa shape index (κ1) is 24.9. The fourth-order valence-electron chi connectivity index (χ4n) is 4.26. The Labute approximate surface area is 211 Å². The minimum Gasteiger partial charge on any atom is -0.349 e. The summed E-state index contributed by atoms with van der Waals surface area (Å²) >= 11 is 0. The zero-order valence-corrected chi connectivity index (χ0v) is 20.5. The van der Waals surface area contributed by atoms with Crippen LogP contribution >= 0.6 is 0 Å². The van der Waals surface area contributed by atoms with E-state index < -0.39 is 18.1 Å². The molecule has 186 valence electrons. The van der Waals surface area contributed by atoms with Crippen LogP contribution in [0.5, 0.6) is 0 Å². The number of nitrogens with two attached hydrogens (primary N) is 1. The van der Waals surface area contributed by atoms with Gasteiger partial charge in [-0.05, 0) is 54.8 Å². The van der Waals surface area contributed by atoms with E-state index in [2.05, 4.69) is 10.6 Å². The van der Waals surface area contributed by atoms with Crippen molar-refractivity contribution in [2.24, 2.45) is 5.73 Å². The molecular weight excluding hydrogens is 454 g/mol. The van der Waals surface area contributed by atoms with Crippen molar-refractivity contribution in [1.82, 2.24) is 15.1 Å². The Hall–Kier alpha value is -4.17. The third-order valence-corrected chi connectivity index (χ3v) is 6.19. The van der Waals surface area contributed by atoms with E-state index in [1.807, 2.05) is 68.4 Å². The van der Waals surface area contributed by atoms with Gasteiger partial charge in [0.05, 0.1) is 0 Å². The van der Waals surface area contributed by atoms with Crippen LogP contribution in [0.3, 0.4) is 0 Å². The first-order valence-electron chi connectivity index (χ1n) is 11.9. The maximum Gasteiger partial charge on any atom is 0.323 e. The average Bonchev–Trinajstić information content (AvgIpc) is 3.33. The quantitative estimate of drug-likeness (QED) is 0.497. The number of hydrogen-bond acceptors (Lipinski definition) is 4. The Morgan fingerprint density at radius 2 is 1.56 bits per heavy atom. The number of rotatable bonds is 6. The molecule has 1 unspecified atom stereocenters. The molecule has 4 amide bonds. The largest absolute Gasteiger partial charge is 0.349 e. The zero-order chi connectivity index (χ0) is 25.7. The van der Waals surface area contributed by atoms with E-state index in [4.69, 9.17) is 5.73 Å². The molecule has 0 radical (unpaired) electrons. The minimum absolute atomic E-state index is 0.232. The summed E-state index contributed by atoms with van der Waals surface area (Å²) in [6.07, 6.45) is -1.08. The van der Waals surface area contributed by atoms with Crippen molar-refractivity contribution in [3.8, 4) is 0 Å². The van der Waals surface area contributed by atoms with E-state index in [1.165, 1.54) is 9.80 Å². The van der Waals surface area contributed by atoms with Crippen LogP contribution in [0, 0.1) is 13.8 Å². The maximum absolute atomic E-state index is 13.4. The summed E-state index contributed by atoms with van der Waals surface area (Å²) in [7, 11) is 0. The van der Waals surface area contributed by atoms with Gasteiger partial charge in [0.2, 0.25) is 0 Å². The summed E-state index contributed by atoms with van der Waals surface area (Å²) in [5, 5.41) is 5.76. The maximum atomic E-state index is 13.4. The SMILES string of the molecule is Cc1ccc(C(=O)N2CCN(C(=O)Nc3cccc(C)c3)C2C(=O)NCc2cccc(CN)c2)cc1. The number of hydrogen-bond donors (Lipinski definition) is 3. The van der Waals surface area contributed by atoms with E-state index in [0.717, 1.165) is 22.3 Å². The molecule has 0 spiro atoms. The van der Waals surface area contributed by atoms with Gasteiger partial charge in [-0.1, -0.05) is 54.1 Å². The van der Waals surface area contributed by atoms with E-state index in [0.29, 0.717) is 17.8 Å². The summed E-state index contributed by atoms with van der Waals surface area (Å²) in [5.74, 6) is -0.725. The van der Waals surface area contributed by atoms with Crippen LogP contribution in [-0.4, -0.2) is 46.9 Å². The lowest BCUT2D eigenvalue weighted by molar-refractivity contribution is -0.128. The Kier molecular flexibility index (Phi) is 7.65. The van der Waals surface area contributed by atoms with Gasteiger partial charge < -0.3 is 21.3 Å². The van der Waals surface area contributed by atoms with Crippen molar-refractivity contribution < 1.29 is 14.4 Å². The number of urea groups is 1. The molecule has 1 aliphatic rings. The van der Waals surface area contributed by atoms with Crippen molar-refractivity contribution in [2.75, 3.05) is 18.4 Å². The highest BCUT2D eigenvalue weighted by Crippen LogP contribution is 2.21. The highest BCUT2D eigenvalue weighted by atomic mass is 16.2. The molecule has 4 N–H and O–H groups in total. The average molecular weight is 486 g/mol. The lowest BCUT2D eigenvalue weighted by Gasteiger charge is -2.29. The van der Waals surface area contributed by atoms with Crippen molar-refractivity contribution in [3.05, 3.63) is 101 Å². The number of carbonyl (C=O) groups is 3. The molecule has 3 aromatic carbocycles. The van der Waals surface area contributed by atoms with Crippen LogP contribution in [-0.2, 0) is 17.9 Å². The molecule has 1 heterocycles. The van der Waals surface area contributed by atoms with Crippen LogP contribution in [0.4, 0.5) is 10.5 Å². The van der Waals surface area contributed by atoms with E-state index in [1.54, 1.807) is 18.2 Å². The Balaban J connectivity index is 1.56. The van der Waals surface area contributed by atoms with Crippen LogP contribution in [0.15, 0.2) is 72.8 Å². The van der Waals surface area contributed by atoms with Gasteiger partial charge in [0.1, 0.15) is 0 Å². The first-order chi connectivity index (χ1) is 17.4. The van der Waals surface area contributed by atoms with E-state index in [-0.39, 0.29) is 25.5 Å². The summed E-state index contributed by atoms with van der Waals surface area (Å²) in [4.78, 5) is 42.9. The van der Waals surface area contributed by atoms with Crippen molar-refractivity contribution in [1.29, 1.82) is 0 Å². The molecule has 0 aromatic heterocycles. The highest BCUT2D eigenvalue weighted by molar-refractivity contribution is 6.00. The van der Waals surface area contributed by atoms with Crippen LogP contribution in [0.25, 0.3) is 0 Å². The topological polar surface area (TPSA) is 108 Å². The standard InChI is InChI=1S/C28H31N5O3/c1-19-9-11-23(12-10-19)27(35)32-13-14-33(28(36)31-24-8-3-5-20(2)15-24)26(32)25(34)30-18-22-7-4-6-21(16-22)17-29/h3-12,15-16,26H,13-14,17-18,29H2,1-2H3,(H,30,34)(H,31,36). The Morgan fingerprint density at radius 3 is 2.28 bits per heavy atom. The number of carbonyl (C=O) groups excluding carboxylic acids is 3. The third-order valence-electron chi connectivity index (χ3n) is 6.19. The van der Waals surface area contributed by atoms with Crippen molar-refractivity contribution in [2.45, 2.75) is 33.1 Å². The van der Waals surface area contributed by atoms with Gasteiger partial charge in [-0.3, -0.25) is 14.5 Å². The number of benzene rings is 3. The van der Waals surface area contributed by atoms with Gasteiger partial charge in [0.25, 0.3) is 11.8 Å². The molecule has 3 aromatic rings. The molecule has 1 saturated heterocycles. The van der Waals surface area contributed by atoms with Gasteiger partial charge >= 0.3 is 6.03 Å². The molecular formula is C28H31N5O3. The second-order valence-corrected chi connectivity index (χ2v) is 8.97. The van der Waals surface area contributed by atoms with Crippen LogP contribution in [0.2, 0.25) is 0 Å². The molecule has 36 heavy (non-hydrogen) atoms. The third kappa shape index (κ3) is 5.72. The molecule has 8 heteroatoms. The molecule has 0 aliphatic carbocycles. The summed E-state index contributed by atoms with van der Waals surface area (Å²) in [6, 6.07) is 21.8. The highest BCUT2D eigenvalue weighted by Gasteiger charge is 2.43. The Bertz CT molecular complexity index is 1260. The fraction of sp³-hybridized carbons (Fsp3) is 0.250. The number of nitrogens with one attached hydrogen (secondary N) is 2. The zero-order valence-electron chi connectivity index (χ0n) is 20.5. The summed E-state index contributed by atoms with van der Waals surface area (Å²) in [5.41, 5.74) is 10.7. The number of anilines is 1. The molecule has 1 aliphatic heterocycles. The minimum atomic E-state index is -1.08. The van der Waals surface area contributed by atoms with Crippen LogP contribution in [0.1, 0.15) is 32.6 Å². The summed E-state index contributed by atoms with van der Waals surface area (Å²) < 4.78 is 0. The predicted molar refractivity (Wildman–Crippen MR) is 139 cm³/mol. The van der Waals surface area contributed by atoms with E-state index in [9.17, 15) is 14.4 Å². The number of amides is 4. The lowest BCUT2D eigenvalue weighted by Crippen LogP contribution is -2.54. The molecule has 0 bridgehead atoms. The molecule has 1 fully saturated rings. The molecule has 1 atom stereocenters. The molecule has 8 nitrogen and oxygen atoms in total. The normalized spacial score (nSPS) is 15.0. The van der Waals surface area contributed by atoms with Gasteiger partial charge in [-0.2, -0.15) is 0 Å². The molecule has 4 rings (SSSR count). The predicted octanol–water partition coefficient (Wildman–Crippen LogP) is 3.39.